The molecule has 27 heavy (non-hydrogen) atoms. The topological polar surface area (TPSA) is 68.3 Å². The Morgan fingerprint density at radius 3 is 2.89 bits per heavy atom. The highest BCUT2D eigenvalue weighted by molar-refractivity contribution is 7.10. The summed E-state index contributed by atoms with van der Waals surface area (Å²) in [5.41, 5.74) is 3.29. The molecule has 1 aromatic carbocycles. The van der Waals surface area contributed by atoms with Crippen LogP contribution >= 0.6 is 11.3 Å². The summed E-state index contributed by atoms with van der Waals surface area (Å²) in [4.78, 5) is 30.7. The molecule has 3 aromatic rings. The number of pyridine rings is 1. The van der Waals surface area contributed by atoms with E-state index in [1.165, 1.54) is 0 Å². The van der Waals surface area contributed by atoms with Gasteiger partial charge in [-0.1, -0.05) is 24.3 Å². The number of fused-ring (bicyclic) bond motifs is 2. The molecule has 0 bridgehead atoms. The molecule has 1 atom stereocenters. The van der Waals surface area contributed by atoms with Crippen molar-refractivity contribution in [1.29, 1.82) is 0 Å². The van der Waals surface area contributed by atoms with Gasteiger partial charge in [0.1, 0.15) is 0 Å². The number of amides is 1. The minimum atomic E-state index is -0.453. The van der Waals surface area contributed by atoms with E-state index in [9.17, 15) is 9.59 Å². The number of hydrogen-bond donors (Lipinski definition) is 1. The molecule has 0 radical (unpaired) electrons. The van der Waals surface area contributed by atoms with Gasteiger partial charge in [-0.05, 0) is 49.3 Å². The number of carbonyl (C=O) groups excluding carboxylic acids is 2. The Kier molecular flexibility index (Phi) is 4.90. The average molecular weight is 380 g/mol. The quantitative estimate of drug-likeness (QED) is 0.683. The van der Waals surface area contributed by atoms with Gasteiger partial charge in [0, 0.05) is 16.0 Å². The lowest BCUT2D eigenvalue weighted by Crippen LogP contribution is -2.31. The van der Waals surface area contributed by atoms with E-state index in [0.29, 0.717) is 5.56 Å². The van der Waals surface area contributed by atoms with Crippen molar-refractivity contribution < 1.29 is 14.3 Å². The zero-order valence-corrected chi connectivity index (χ0v) is 15.8. The molecule has 1 aliphatic carbocycles. The Morgan fingerprint density at radius 1 is 1.22 bits per heavy atom. The molecular weight excluding hydrogens is 360 g/mol. The fraction of sp³-hybridized carbons (Fsp3) is 0.286. The van der Waals surface area contributed by atoms with Gasteiger partial charge in [-0.15, -0.1) is 11.3 Å². The van der Waals surface area contributed by atoms with Crippen molar-refractivity contribution >= 4 is 34.1 Å². The second-order valence-corrected chi connectivity index (χ2v) is 7.64. The van der Waals surface area contributed by atoms with Crippen LogP contribution in [0.3, 0.4) is 0 Å². The Hall–Kier alpha value is -2.73. The summed E-state index contributed by atoms with van der Waals surface area (Å²) >= 11 is 1.58. The molecule has 0 fully saturated rings. The maximum atomic E-state index is 12.8. The van der Waals surface area contributed by atoms with Crippen molar-refractivity contribution in [3.63, 3.8) is 0 Å². The van der Waals surface area contributed by atoms with Crippen molar-refractivity contribution in [3.8, 4) is 0 Å². The van der Waals surface area contributed by atoms with Crippen LogP contribution in [0.2, 0.25) is 0 Å². The first-order valence-electron chi connectivity index (χ1n) is 9.04. The number of carbonyl (C=O) groups is 2. The van der Waals surface area contributed by atoms with Crippen LogP contribution < -0.4 is 5.32 Å². The summed E-state index contributed by atoms with van der Waals surface area (Å²) < 4.78 is 5.37. The summed E-state index contributed by atoms with van der Waals surface area (Å²) in [6.07, 6.45) is 2.68. The molecule has 5 nitrogen and oxygen atoms in total. The number of ether oxygens (including phenoxy) is 1. The number of aromatic nitrogens is 1. The maximum absolute atomic E-state index is 12.8. The first kappa shape index (κ1) is 17.7. The van der Waals surface area contributed by atoms with E-state index in [1.807, 2.05) is 48.7 Å². The fourth-order valence-corrected chi connectivity index (χ4v) is 4.27. The first-order valence-corrected chi connectivity index (χ1v) is 9.92. The predicted molar refractivity (Wildman–Crippen MR) is 105 cm³/mol. The summed E-state index contributed by atoms with van der Waals surface area (Å²) in [6.45, 7) is 1.62. The van der Waals surface area contributed by atoms with Gasteiger partial charge in [0.2, 0.25) is 0 Å². The highest BCUT2D eigenvalue weighted by Gasteiger charge is 2.25. The maximum Gasteiger partial charge on any atom is 0.339 e. The standard InChI is InChI=1S/C21H20N2O3S/c1-13(18-10-5-11-27-18)22-19(24)12-26-21(25)20-14-6-2-3-8-16(14)23-17-9-4-7-15(17)20/h2-3,5-6,8,10-11,13H,4,7,9,12H2,1H3,(H,22,24). The van der Waals surface area contributed by atoms with Gasteiger partial charge in [0.05, 0.1) is 17.1 Å². The molecule has 2 heterocycles. The van der Waals surface area contributed by atoms with Crippen LogP contribution in [0.15, 0.2) is 41.8 Å². The van der Waals surface area contributed by atoms with Crippen molar-refractivity contribution in [1.82, 2.24) is 10.3 Å². The number of benzene rings is 1. The molecule has 2 aromatic heterocycles. The molecule has 0 saturated carbocycles. The van der Waals surface area contributed by atoms with E-state index < -0.39 is 5.97 Å². The summed E-state index contributed by atoms with van der Waals surface area (Å²) in [7, 11) is 0. The van der Waals surface area contributed by atoms with Crippen LogP contribution in [0, 0.1) is 0 Å². The number of aryl methyl sites for hydroxylation is 1. The molecule has 138 valence electrons. The van der Waals surface area contributed by atoms with Gasteiger partial charge in [-0.3, -0.25) is 9.78 Å². The highest BCUT2D eigenvalue weighted by atomic mass is 32.1. The van der Waals surface area contributed by atoms with Gasteiger partial charge >= 0.3 is 5.97 Å². The Bertz CT molecular complexity index is 998. The summed E-state index contributed by atoms with van der Waals surface area (Å²) in [6, 6.07) is 11.4. The second-order valence-electron chi connectivity index (χ2n) is 6.66. The smallest absolute Gasteiger partial charge is 0.339 e. The Balaban J connectivity index is 1.50. The largest absolute Gasteiger partial charge is 0.452 e. The van der Waals surface area contributed by atoms with Crippen LogP contribution in [-0.2, 0) is 22.4 Å². The van der Waals surface area contributed by atoms with Gasteiger partial charge in [-0.2, -0.15) is 0 Å². The Labute approximate surface area is 161 Å². The fourth-order valence-electron chi connectivity index (χ4n) is 3.54. The minimum absolute atomic E-state index is 0.109. The van der Waals surface area contributed by atoms with Crippen LogP contribution in [0.5, 0.6) is 0 Å². The number of thiophene rings is 1. The lowest BCUT2D eigenvalue weighted by atomic mass is 10.0. The lowest BCUT2D eigenvalue weighted by Gasteiger charge is -2.14. The van der Waals surface area contributed by atoms with Crippen LogP contribution in [0.25, 0.3) is 10.9 Å². The number of rotatable bonds is 5. The second kappa shape index (κ2) is 7.48. The van der Waals surface area contributed by atoms with E-state index in [-0.39, 0.29) is 18.6 Å². The molecule has 4 rings (SSSR count). The molecule has 0 aliphatic heterocycles. The molecule has 0 saturated heterocycles. The number of hydrogen-bond acceptors (Lipinski definition) is 5. The monoisotopic (exact) mass is 380 g/mol. The van der Waals surface area contributed by atoms with Gasteiger partial charge in [-0.25, -0.2) is 4.79 Å². The minimum Gasteiger partial charge on any atom is -0.452 e. The molecular formula is C21H20N2O3S. The predicted octanol–water partition coefficient (Wildman–Crippen LogP) is 3.82. The molecule has 1 amide bonds. The van der Waals surface area contributed by atoms with E-state index >= 15 is 0 Å². The third-order valence-corrected chi connectivity index (χ3v) is 5.86. The molecule has 0 spiro atoms. The molecule has 1 N–H and O–H groups in total. The Morgan fingerprint density at radius 2 is 2.07 bits per heavy atom. The van der Waals surface area contributed by atoms with E-state index in [2.05, 4.69) is 10.3 Å². The van der Waals surface area contributed by atoms with Crippen molar-refractivity contribution in [3.05, 3.63) is 63.5 Å². The third kappa shape index (κ3) is 3.57. The van der Waals surface area contributed by atoms with Gasteiger partial charge < -0.3 is 10.1 Å². The van der Waals surface area contributed by atoms with Crippen LogP contribution in [0.1, 0.15) is 45.9 Å². The number of nitrogens with zero attached hydrogens (tertiary/aromatic N) is 1. The van der Waals surface area contributed by atoms with E-state index in [0.717, 1.165) is 46.3 Å². The van der Waals surface area contributed by atoms with Crippen LogP contribution in [-0.4, -0.2) is 23.5 Å². The number of para-hydroxylation sites is 1. The SMILES string of the molecule is CC(NC(=O)COC(=O)c1c2c(nc3ccccc13)CCC2)c1cccs1. The van der Waals surface area contributed by atoms with Gasteiger partial charge in [0.15, 0.2) is 6.61 Å². The normalized spacial score (nSPS) is 14.0. The van der Waals surface area contributed by atoms with Gasteiger partial charge in [0.25, 0.3) is 5.91 Å². The highest BCUT2D eigenvalue weighted by Crippen LogP contribution is 2.30. The third-order valence-electron chi connectivity index (χ3n) is 4.81. The summed E-state index contributed by atoms with van der Waals surface area (Å²) in [5, 5.41) is 5.61. The lowest BCUT2D eigenvalue weighted by molar-refractivity contribution is -0.124. The van der Waals surface area contributed by atoms with Crippen LogP contribution in [0.4, 0.5) is 0 Å². The van der Waals surface area contributed by atoms with E-state index in [4.69, 9.17) is 4.74 Å². The zero-order valence-electron chi connectivity index (χ0n) is 15.0. The number of esters is 1. The van der Waals surface area contributed by atoms with Crippen molar-refractivity contribution in [2.45, 2.75) is 32.2 Å². The zero-order chi connectivity index (χ0) is 18.8. The van der Waals surface area contributed by atoms with E-state index in [1.54, 1.807) is 11.3 Å². The van der Waals surface area contributed by atoms with Crippen molar-refractivity contribution in [2.24, 2.45) is 0 Å². The van der Waals surface area contributed by atoms with Crippen molar-refractivity contribution in [2.75, 3.05) is 6.61 Å². The number of nitrogens with one attached hydrogen (secondary N) is 1. The molecule has 6 heteroatoms. The molecule has 1 aliphatic rings. The first-order chi connectivity index (χ1) is 13.1. The summed E-state index contributed by atoms with van der Waals surface area (Å²) in [5.74, 6) is -0.759. The molecule has 1 unspecified atom stereocenters. The average Bonchev–Trinajstić information content (AvgIpc) is 3.35.